The zero-order valence-corrected chi connectivity index (χ0v) is 15.1. The van der Waals surface area contributed by atoms with E-state index in [0.717, 1.165) is 23.0 Å². The molecule has 4 rings (SSSR count). The highest BCUT2D eigenvalue weighted by Gasteiger charge is 2.16. The third-order valence-electron chi connectivity index (χ3n) is 3.72. The van der Waals surface area contributed by atoms with Gasteiger partial charge in [0.1, 0.15) is 0 Å². The van der Waals surface area contributed by atoms with Crippen LogP contribution < -0.4 is 0 Å². The quantitative estimate of drug-likeness (QED) is 0.476. The molecule has 0 saturated heterocycles. The smallest absolute Gasteiger partial charge is 0.258 e. The molecule has 0 spiro atoms. The Balaban J connectivity index is 1.50. The van der Waals surface area contributed by atoms with Crippen molar-refractivity contribution in [1.29, 1.82) is 0 Å². The van der Waals surface area contributed by atoms with Gasteiger partial charge < -0.3 is 8.94 Å². The Labute approximate surface area is 153 Å². The summed E-state index contributed by atoms with van der Waals surface area (Å²) >= 11 is 1.50. The molecule has 0 bridgehead atoms. The van der Waals surface area contributed by atoms with Crippen molar-refractivity contribution >= 4 is 11.8 Å². The number of thioether (sulfide) groups is 1. The largest absolute Gasteiger partial charge is 0.461 e. The molecule has 0 aliphatic heterocycles. The summed E-state index contributed by atoms with van der Waals surface area (Å²) in [4.78, 5) is 8.62. The Bertz CT molecular complexity index is 1010. The highest BCUT2D eigenvalue weighted by molar-refractivity contribution is 7.98. The number of pyridine rings is 1. The van der Waals surface area contributed by atoms with Gasteiger partial charge in [-0.25, -0.2) is 0 Å². The first-order valence-corrected chi connectivity index (χ1v) is 9.08. The molecule has 0 radical (unpaired) electrons. The van der Waals surface area contributed by atoms with Gasteiger partial charge in [0.2, 0.25) is 0 Å². The average molecular weight is 368 g/mol. The summed E-state index contributed by atoms with van der Waals surface area (Å²) < 4.78 is 12.8. The summed E-state index contributed by atoms with van der Waals surface area (Å²) in [5.41, 5.74) is 1.76. The molecule has 4 aromatic heterocycles. The maximum Gasteiger partial charge on any atom is 0.258 e. The minimum absolute atomic E-state index is 0.485. The summed E-state index contributed by atoms with van der Waals surface area (Å²) in [6.45, 7) is 4.70. The lowest BCUT2D eigenvalue weighted by molar-refractivity contribution is 0.425. The van der Waals surface area contributed by atoms with Crippen LogP contribution in [0.5, 0.6) is 0 Å². The number of hydrogen-bond acceptors (Lipinski definition) is 8. The number of furan rings is 1. The number of nitrogens with zero attached hydrogens (tertiary/aromatic N) is 6. The normalized spacial score (nSPS) is 11.2. The molecule has 0 aliphatic rings. The Hall–Kier alpha value is -2.94. The predicted molar refractivity (Wildman–Crippen MR) is 95.2 cm³/mol. The average Bonchev–Trinajstić information content (AvgIpc) is 3.39. The van der Waals surface area contributed by atoms with E-state index in [1.54, 1.807) is 12.5 Å². The van der Waals surface area contributed by atoms with Crippen LogP contribution in [-0.4, -0.2) is 29.9 Å². The van der Waals surface area contributed by atoms with E-state index in [9.17, 15) is 0 Å². The molecule has 0 unspecified atom stereocenters. The lowest BCUT2D eigenvalue weighted by atomic mass is 10.2. The van der Waals surface area contributed by atoms with Crippen LogP contribution in [-0.2, 0) is 12.3 Å². The highest BCUT2D eigenvalue weighted by Crippen LogP contribution is 2.26. The van der Waals surface area contributed by atoms with Crippen molar-refractivity contribution in [3.05, 3.63) is 48.2 Å². The summed E-state index contributed by atoms with van der Waals surface area (Å²) in [5.74, 6) is 3.02. The first-order valence-electron chi connectivity index (χ1n) is 8.10. The van der Waals surface area contributed by atoms with Gasteiger partial charge in [0.25, 0.3) is 5.89 Å². The molecule has 132 valence electrons. The van der Waals surface area contributed by atoms with Gasteiger partial charge in [0.15, 0.2) is 22.6 Å². The number of aromatic nitrogens is 6. The van der Waals surface area contributed by atoms with Crippen molar-refractivity contribution in [1.82, 2.24) is 29.9 Å². The molecule has 0 N–H and O–H groups in total. The highest BCUT2D eigenvalue weighted by atomic mass is 32.2. The zero-order chi connectivity index (χ0) is 17.9. The molecule has 9 heteroatoms. The molecule has 0 aromatic carbocycles. The summed E-state index contributed by atoms with van der Waals surface area (Å²) in [6, 6.07) is 7.46. The molecule has 0 atom stereocenters. The fourth-order valence-corrected chi connectivity index (χ4v) is 3.35. The molecular weight excluding hydrogens is 352 g/mol. The van der Waals surface area contributed by atoms with Crippen LogP contribution in [0.4, 0.5) is 0 Å². The van der Waals surface area contributed by atoms with E-state index in [4.69, 9.17) is 8.94 Å². The van der Waals surface area contributed by atoms with Crippen LogP contribution in [0.15, 0.2) is 50.8 Å². The van der Waals surface area contributed by atoms with Crippen molar-refractivity contribution in [2.75, 3.05) is 0 Å². The fraction of sp³-hybridized carbons (Fsp3) is 0.235. The van der Waals surface area contributed by atoms with Crippen molar-refractivity contribution in [3.63, 3.8) is 0 Å². The maximum absolute atomic E-state index is 5.42. The van der Waals surface area contributed by atoms with Gasteiger partial charge in [-0.15, -0.1) is 10.2 Å². The molecule has 8 nitrogen and oxygen atoms in total. The van der Waals surface area contributed by atoms with E-state index < -0.39 is 0 Å². The Kier molecular flexibility index (Phi) is 4.53. The van der Waals surface area contributed by atoms with E-state index in [2.05, 4.69) is 25.3 Å². The van der Waals surface area contributed by atoms with Crippen LogP contribution in [0.25, 0.3) is 23.0 Å². The predicted octanol–water partition coefficient (Wildman–Crippen LogP) is 3.60. The molecular formula is C17H16N6O2S. The van der Waals surface area contributed by atoms with E-state index in [1.165, 1.54) is 11.8 Å². The maximum atomic E-state index is 5.42. The van der Waals surface area contributed by atoms with E-state index >= 15 is 0 Å². The number of hydrogen-bond donors (Lipinski definition) is 0. The topological polar surface area (TPSA) is 95.7 Å². The zero-order valence-electron chi connectivity index (χ0n) is 14.3. The summed E-state index contributed by atoms with van der Waals surface area (Å²) in [5, 5.41) is 13.3. The van der Waals surface area contributed by atoms with E-state index in [0.29, 0.717) is 29.1 Å². The van der Waals surface area contributed by atoms with Crippen LogP contribution in [0, 0.1) is 6.92 Å². The van der Waals surface area contributed by atoms with Crippen molar-refractivity contribution in [2.24, 2.45) is 0 Å². The minimum atomic E-state index is 0.485. The lowest BCUT2D eigenvalue weighted by Gasteiger charge is -2.04. The van der Waals surface area contributed by atoms with Crippen LogP contribution in [0.3, 0.4) is 0 Å². The van der Waals surface area contributed by atoms with Crippen LogP contribution in [0.1, 0.15) is 18.4 Å². The van der Waals surface area contributed by atoms with Gasteiger partial charge >= 0.3 is 0 Å². The standard InChI is InChI=1S/C17H16N6O2S/c1-3-23-15(13-5-4-8-24-13)20-21-17(23)26-10-14-19-16(25-22-14)12-6-7-18-11(2)9-12/h4-9H,3,10H2,1-2H3. The summed E-state index contributed by atoms with van der Waals surface area (Å²) in [6.07, 6.45) is 3.35. The molecule has 26 heavy (non-hydrogen) atoms. The van der Waals surface area contributed by atoms with Crippen LogP contribution >= 0.6 is 11.8 Å². The molecule has 0 amide bonds. The minimum Gasteiger partial charge on any atom is -0.461 e. The Morgan fingerprint density at radius 3 is 2.92 bits per heavy atom. The van der Waals surface area contributed by atoms with Gasteiger partial charge in [-0.2, -0.15) is 4.98 Å². The Morgan fingerprint density at radius 1 is 1.23 bits per heavy atom. The van der Waals surface area contributed by atoms with Gasteiger partial charge in [0, 0.05) is 24.0 Å². The van der Waals surface area contributed by atoms with Gasteiger partial charge in [0.05, 0.1) is 12.0 Å². The number of rotatable bonds is 6. The second kappa shape index (κ2) is 7.12. The van der Waals surface area contributed by atoms with Crippen LogP contribution in [0.2, 0.25) is 0 Å². The van der Waals surface area contributed by atoms with Crippen molar-refractivity contribution in [3.8, 4) is 23.0 Å². The third kappa shape index (κ3) is 3.25. The van der Waals surface area contributed by atoms with Gasteiger partial charge in [-0.1, -0.05) is 16.9 Å². The van der Waals surface area contributed by atoms with Crippen molar-refractivity contribution < 1.29 is 8.94 Å². The van der Waals surface area contributed by atoms with E-state index in [-0.39, 0.29) is 0 Å². The fourth-order valence-electron chi connectivity index (χ4n) is 2.51. The second-order valence-corrected chi connectivity index (χ2v) is 6.46. The lowest BCUT2D eigenvalue weighted by Crippen LogP contribution is -1.99. The van der Waals surface area contributed by atoms with Crippen molar-refractivity contribution in [2.45, 2.75) is 31.3 Å². The first-order chi connectivity index (χ1) is 12.7. The Morgan fingerprint density at radius 2 is 2.15 bits per heavy atom. The summed E-state index contributed by atoms with van der Waals surface area (Å²) in [7, 11) is 0. The molecule has 4 heterocycles. The first kappa shape index (κ1) is 16.5. The van der Waals surface area contributed by atoms with Gasteiger partial charge in [-0.05, 0) is 38.1 Å². The number of aryl methyl sites for hydroxylation is 1. The van der Waals surface area contributed by atoms with Gasteiger partial charge in [-0.3, -0.25) is 9.55 Å². The SMILES string of the molecule is CCn1c(SCc2noc(-c3ccnc(C)c3)n2)nnc1-c1ccco1. The molecule has 0 fully saturated rings. The van der Waals surface area contributed by atoms with E-state index in [1.807, 2.05) is 42.7 Å². The molecule has 0 aliphatic carbocycles. The molecule has 4 aromatic rings. The molecule has 0 saturated carbocycles. The second-order valence-electron chi connectivity index (χ2n) is 5.52. The third-order valence-corrected chi connectivity index (χ3v) is 4.68. The monoisotopic (exact) mass is 368 g/mol.